The first kappa shape index (κ1) is 15.6. The number of carbonyl (C=O) groups is 1. The predicted octanol–water partition coefficient (Wildman–Crippen LogP) is 1.63. The van der Waals surface area contributed by atoms with Gasteiger partial charge in [-0.2, -0.15) is 0 Å². The van der Waals surface area contributed by atoms with Crippen molar-refractivity contribution >= 4 is 5.91 Å². The fourth-order valence-electron chi connectivity index (χ4n) is 1.75. The van der Waals surface area contributed by atoms with E-state index in [0.717, 1.165) is 5.56 Å². The lowest BCUT2D eigenvalue weighted by Gasteiger charge is -2.20. The third-order valence-electron chi connectivity index (χ3n) is 2.85. The Morgan fingerprint density at radius 1 is 1.42 bits per heavy atom. The van der Waals surface area contributed by atoms with Gasteiger partial charge in [-0.25, -0.2) is 4.39 Å². The molecule has 1 unspecified atom stereocenters. The fraction of sp³-hybridized carbons (Fsp3) is 0.500. The molecule has 4 nitrogen and oxygen atoms in total. The summed E-state index contributed by atoms with van der Waals surface area (Å²) in [7, 11) is 1.58. The lowest BCUT2D eigenvalue weighted by Crippen LogP contribution is -2.44. The number of amides is 1. The molecule has 0 aliphatic carbocycles. The van der Waals surface area contributed by atoms with Crippen molar-refractivity contribution in [3.8, 4) is 0 Å². The average Bonchev–Trinajstić information content (AvgIpc) is 2.38. The Kier molecular flexibility index (Phi) is 6.45. The number of rotatable bonds is 7. The number of benzene rings is 1. The number of ether oxygens (including phenoxy) is 1. The number of methoxy groups -OCH3 is 1. The van der Waals surface area contributed by atoms with Crippen molar-refractivity contribution in [1.29, 1.82) is 0 Å². The van der Waals surface area contributed by atoms with E-state index in [4.69, 9.17) is 4.74 Å². The number of halogens is 1. The SMILES string of the molecule is COCCNC(=O)C(C)N[C@H](C)c1cccc(F)c1. The van der Waals surface area contributed by atoms with Crippen LogP contribution in [0.2, 0.25) is 0 Å². The maximum atomic E-state index is 13.1. The summed E-state index contributed by atoms with van der Waals surface area (Å²) < 4.78 is 18.0. The molecule has 0 aliphatic rings. The molecule has 0 saturated carbocycles. The third-order valence-corrected chi connectivity index (χ3v) is 2.85. The van der Waals surface area contributed by atoms with Gasteiger partial charge in [0.2, 0.25) is 5.91 Å². The Labute approximate surface area is 113 Å². The van der Waals surface area contributed by atoms with Gasteiger partial charge in [0, 0.05) is 19.7 Å². The van der Waals surface area contributed by atoms with Crippen LogP contribution in [-0.4, -0.2) is 32.2 Å². The van der Waals surface area contributed by atoms with Crippen molar-refractivity contribution < 1.29 is 13.9 Å². The van der Waals surface area contributed by atoms with E-state index in [1.54, 1.807) is 20.1 Å². The Hall–Kier alpha value is -1.46. The van der Waals surface area contributed by atoms with Gasteiger partial charge in [-0.15, -0.1) is 0 Å². The lowest BCUT2D eigenvalue weighted by atomic mass is 10.1. The van der Waals surface area contributed by atoms with E-state index in [2.05, 4.69) is 10.6 Å². The normalized spacial score (nSPS) is 13.9. The summed E-state index contributed by atoms with van der Waals surface area (Å²) in [5.74, 6) is -0.372. The summed E-state index contributed by atoms with van der Waals surface area (Å²) in [6, 6.07) is 5.90. The molecular weight excluding hydrogens is 247 g/mol. The van der Waals surface area contributed by atoms with Crippen LogP contribution in [0.15, 0.2) is 24.3 Å². The summed E-state index contributed by atoms with van der Waals surface area (Å²) in [5.41, 5.74) is 0.816. The minimum Gasteiger partial charge on any atom is -0.383 e. The molecule has 0 heterocycles. The Morgan fingerprint density at radius 3 is 2.79 bits per heavy atom. The highest BCUT2D eigenvalue weighted by molar-refractivity contribution is 5.81. The highest BCUT2D eigenvalue weighted by Gasteiger charge is 2.15. The van der Waals surface area contributed by atoms with E-state index in [-0.39, 0.29) is 23.8 Å². The summed E-state index contributed by atoms with van der Waals surface area (Å²) in [4.78, 5) is 11.7. The molecule has 2 atom stereocenters. The Morgan fingerprint density at radius 2 is 2.16 bits per heavy atom. The lowest BCUT2D eigenvalue weighted by molar-refractivity contribution is -0.123. The van der Waals surface area contributed by atoms with Gasteiger partial charge in [0.15, 0.2) is 0 Å². The molecule has 0 spiro atoms. The first-order valence-electron chi connectivity index (χ1n) is 6.32. The van der Waals surface area contributed by atoms with Gasteiger partial charge in [-0.1, -0.05) is 12.1 Å². The Bertz CT molecular complexity index is 412. The molecule has 106 valence electrons. The predicted molar refractivity (Wildman–Crippen MR) is 72.3 cm³/mol. The fourth-order valence-corrected chi connectivity index (χ4v) is 1.75. The van der Waals surface area contributed by atoms with Crippen molar-refractivity contribution in [1.82, 2.24) is 10.6 Å². The number of hydrogen-bond donors (Lipinski definition) is 2. The third kappa shape index (κ3) is 5.36. The maximum Gasteiger partial charge on any atom is 0.236 e. The van der Waals surface area contributed by atoms with Gasteiger partial charge in [0.1, 0.15) is 5.82 Å². The number of nitrogens with one attached hydrogen (secondary N) is 2. The topological polar surface area (TPSA) is 50.4 Å². The van der Waals surface area contributed by atoms with Crippen molar-refractivity contribution in [3.05, 3.63) is 35.6 Å². The zero-order valence-electron chi connectivity index (χ0n) is 11.6. The average molecular weight is 268 g/mol. The second-order valence-electron chi connectivity index (χ2n) is 4.45. The molecule has 1 rings (SSSR count). The summed E-state index contributed by atoms with van der Waals surface area (Å²) >= 11 is 0. The van der Waals surface area contributed by atoms with Crippen molar-refractivity contribution in [2.45, 2.75) is 25.9 Å². The number of carbonyl (C=O) groups excluding carboxylic acids is 1. The van der Waals surface area contributed by atoms with Crippen molar-refractivity contribution in [2.75, 3.05) is 20.3 Å². The molecule has 0 bridgehead atoms. The van der Waals surface area contributed by atoms with E-state index in [9.17, 15) is 9.18 Å². The summed E-state index contributed by atoms with van der Waals surface area (Å²) in [6.45, 7) is 4.64. The van der Waals surface area contributed by atoms with Crippen LogP contribution >= 0.6 is 0 Å². The highest BCUT2D eigenvalue weighted by Crippen LogP contribution is 2.13. The molecule has 0 saturated heterocycles. The zero-order valence-corrected chi connectivity index (χ0v) is 11.6. The van der Waals surface area contributed by atoms with Gasteiger partial charge in [0.05, 0.1) is 12.6 Å². The molecule has 0 aromatic heterocycles. The van der Waals surface area contributed by atoms with Gasteiger partial charge in [-0.05, 0) is 31.5 Å². The molecule has 1 amide bonds. The van der Waals surface area contributed by atoms with E-state index in [1.165, 1.54) is 12.1 Å². The van der Waals surface area contributed by atoms with Crippen LogP contribution in [0.3, 0.4) is 0 Å². The second-order valence-corrected chi connectivity index (χ2v) is 4.45. The summed E-state index contributed by atoms with van der Waals surface area (Å²) in [6.07, 6.45) is 0. The second kappa shape index (κ2) is 7.86. The summed E-state index contributed by atoms with van der Waals surface area (Å²) in [5, 5.41) is 5.88. The van der Waals surface area contributed by atoms with Crippen LogP contribution in [0.4, 0.5) is 4.39 Å². The van der Waals surface area contributed by atoms with Crippen LogP contribution in [0.25, 0.3) is 0 Å². The first-order valence-corrected chi connectivity index (χ1v) is 6.32. The minimum absolute atomic E-state index is 0.0969. The van der Waals surface area contributed by atoms with Crippen LogP contribution in [-0.2, 0) is 9.53 Å². The monoisotopic (exact) mass is 268 g/mol. The molecule has 1 aromatic carbocycles. The smallest absolute Gasteiger partial charge is 0.236 e. The van der Waals surface area contributed by atoms with Gasteiger partial charge >= 0.3 is 0 Å². The van der Waals surface area contributed by atoms with Crippen molar-refractivity contribution in [2.24, 2.45) is 0 Å². The molecule has 1 aromatic rings. The Balaban J connectivity index is 2.47. The molecule has 0 radical (unpaired) electrons. The van der Waals surface area contributed by atoms with Gasteiger partial charge < -0.3 is 10.1 Å². The standard InChI is InChI=1S/C14H21FN2O2/c1-10(12-5-4-6-13(15)9-12)17-11(2)14(18)16-7-8-19-3/h4-6,9-11,17H,7-8H2,1-3H3,(H,16,18)/t10-,11?/m1/s1. The van der Waals surface area contributed by atoms with Gasteiger partial charge in [0.25, 0.3) is 0 Å². The van der Waals surface area contributed by atoms with Crippen LogP contribution in [0.1, 0.15) is 25.5 Å². The van der Waals surface area contributed by atoms with Crippen LogP contribution in [0.5, 0.6) is 0 Å². The quantitative estimate of drug-likeness (QED) is 0.739. The largest absolute Gasteiger partial charge is 0.383 e. The maximum absolute atomic E-state index is 13.1. The van der Waals surface area contributed by atoms with E-state index in [0.29, 0.717) is 13.2 Å². The number of hydrogen-bond acceptors (Lipinski definition) is 3. The molecule has 0 aliphatic heterocycles. The van der Waals surface area contributed by atoms with Crippen molar-refractivity contribution in [3.63, 3.8) is 0 Å². The highest BCUT2D eigenvalue weighted by atomic mass is 19.1. The van der Waals surface area contributed by atoms with E-state index >= 15 is 0 Å². The van der Waals surface area contributed by atoms with E-state index in [1.807, 2.05) is 13.0 Å². The minimum atomic E-state index is -0.352. The zero-order chi connectivity index (χ0) is 14.3. The van der Waals surface area contributed by atoms with Crippen LogP contribution < -0.4 is 10.6 Å². The molecule has 5 heteroatoms. The van der Waals surface area contributed by atoms with Gasteiger partial charge in [-0.3, -0.25) is 10.1 Å². The molecular formula is C14H21FN2O2. The first-order chi connectivity index (χ1) is 9.04. The molecule has 0 fully saturated rings. The molecule has 2 N–H and O–H groups in total. The van der Waals surface area contributed by atoms with Crippen LogP contribution in [0, 0.1) is 5.82 Å². The molecule has 19 heavy (non-hydrogen) atoms. The van der Waals surface area contributed by atoms with E-state index < -0.39 is 0 Å².